The molecule has 0 unspecified atom stereocenters. The summed E-state index contributed by atoms with van der Waals surface area (Å²) in [6.45, 7) is 5.23. The Bertz CT molecular complexity index is 379. The summed E-state index contributed by atoms with van der Waals surface area (Å²) < 4.78 is 0. The summed E-state index contributed by atoms with van der Waals surface area (Å²) in [5.74, 6) is 2.31. The number of aliphatic imine (C=N–C) groups is 1. The second kappa shape index (κ2) is 12.8. The van der Waals surface area contributed by atoms with Crippen LogP contribution in [0.25, 0.3) is 0 Å². The van der Waals surface area contributed by atoms with Crippen LogP contribution in [0.5, 0.6) is 0 Å². The molecule has 0 heterocycles. The molecule has 2 aliphatic carbocycles. The van der Waals surface area contributed by atoms with Crippen molar-refractivity contribution in [2.75, 3.05) is 26.2 Å². The van der Waals surface area contributed by atoms with E-state index in [1.54, 1.807) is 0 Å². The first-order valence-corrected chi connectivity index (χ1v) is 9.59. The molecule has 140 valence electrons. The first-order chi connectivity index (χ1) is 11.3. The first-order valence-electron chi connectivity index (χ1n) is 9.59. The number of halogens is 1. The van der Waals surface area contributed by atoms with Crippen LogP contribution in [0.2, 0.25) is 0 Å². The number of rotatable bonds is 9. The van der Waals surface area contributed by atoms with Gasteiger partial charge in [0.15, 0.2) is 5.96 Å². The third kappa shape index (κ3) is 9.08. The van der Waals surface area contributed by atoms with Crippen LogP contribution in [-0.2, 0) is 4.79 Å². The average Bonchev–Trinajstić information content (AvgIpc) is 3.41. The summed E-state index contributed by atoms with van der Waals surface area (Å²) in [5, 5.41) is 9.54. The van der Waals surface area contributed by atoms with Crippen LogP contribution in [0.3, 0.4) is 0 Å². The van der Waals surface area contributed by atoms with Gasteiger partial charge in [0.2, 0.25) is 5.91 Å². The Kier molecular flexibility index (Phi) is 11.5. The quantitative estimate of drug-likeness (QED) is 0.219. The van der Waals surface area contributed by atoms with E-state index in [2.05, 4.69) is 27.9 Å². The van der Waals surface area contributed by atoms with Gasteiger partial charge in [0.25, 0.3) is 0 Å². The van der Waals surface area contributed by atoms with Crippen LogP contribution in [0.15, 0.2) is 4.99 Å². The van der Waals surface area contributed by atoms with Gasteiger partial charge in [-0.1, -0.05) is 32.1 Å². The van der Waals surface area contributed by atoms with Gasteiger partial charge in [0, 0.05) is 32.1 Å². The molecule has 0 radical (unpaired) electrons. The maximum atomic E-state index is 11.6. The number of nitrogens with one attached hydrogen (secondary N) is 3. The number of hydrogen-bond donors (Lipinski definition) is 3. The lowest BCUT2D eigenvalue weighted by Gasteiger charge is -2.20. The van der Waals surface area contributed by atoms with Crippen molar-refractivity contribution >= 4 is 35.8 Å². The summed E-state index contributed by atoms with van der Waals surface area (Å²) in [4.78, 5) is 16.2. The standard InChI is InChI=1S/C18H34N4O.HI/c1-2-19-18(22-14-13-20-17(23)16-10-11-16)21-12-6-9-15-7-4-3-5-8-15;/h15-16H,2-14H2,1H3,(H,20,23)(H2,19,21,22);1H. The number of carbonyl (C=O) groups excluding carboxylic acids is 1. The van der Waals surface area contributed by atoms with Gasteiger partial charge in [-0.3, -0.25) is 9.79 Å². The van der Waals surface area contributed by atoms with Crippen molar-refractivity contribution in [2.24, 2.45) is 16.8 Å². The molecule has 24 heavy (non-hydrogen) atoms. The predicted molar refractivity (Wildman–Crippen MR) is 111 cm³/mol. The zero-order chi connectivity index (χ0) is 16.3. The summed E-state index contributed by atoms with van der Waals surface area (Å²) in [5.41, 5.74) is 0. The average molecular weight is 450 g/mol. The topological polar surface area (TPSA) is 65.5 Å². The lowest BCUT2D eigenvalue weighted by Crippen LogP contribution is -2.41. The molecule has 0 aromatic carbocycles. The monoisotopic (exact) mass is 450 g/mol. The van der Waals surface area contributed by atoms with Crippen molar-refractivity contribution < 1.29 is 4.79 Å². The van der Waals surface area contributed by atoms with E-state index in [1.807, 2.05) is 0 Å². The number of amides is 1. The second-order valence-corrected chi connectivity index (χ2v) is 6.90. The zero-order valence-electron chi connectivity index (χ0n) is 15.1. The fraction of sp³-hybridized carbons (Fsp3) is 0.889. The molecule has 0 aromatic rings. The summed E-state index contributed by atoms with van der Waals surface area (Å²) >= 11 is 0. The molecule has 0 aromatic heterocycles. The molecule has 3 N–H and O–H groups in total. The van der Waals surface area contributed by atoms with E-state index in [9.17, 15) is 4.79 Å². The molecular formula is C18H35IN4O. The minimum Gasteiger partial charge on any atom is -0.357 e. The Morgan fingerprint density at radius 2 is 1.71 bits per heavy atom. The molecule has 1 amide bonds. The Morgan fingerprint density at radius 3 is 2.38 bits per heavy atom. The van der Waals surface area contributed by atoms with Crippen LogP contribution >= 0.6 is 24.0 Å². The molecule has 2 aliphatic rings. The Labute approximate surface area is 164 Å². The van der Waals surface area contributed by atoms with Crippen LogP contribution in [0.4, 0.5) is 0 Å². The Morgan fingerprint density at radius 1 is 1.00 bits per heavy atom. The van der Waals surface area contributed by atoms with Crippen LogP contribution < -0.4 is 16.0 Å². The van der Waals surface area contributed by atoms with Crippen LogP contribution in [-0.4, -0.2) is 38.0 Å². The molecule has 2 fully saturated rings. The van der Waals surface area contributed by atoms with Gasteiger partial charge in [-0.2, -0.15) is 0 Å². The van der Waals surface area contributed by atoms with E-state index >= 15 is 0 Å². The van der Waals surface area contributed by atoms with Gasteiger partial charge in [-0.25, -0.2) is 0 Å². The van der Waals surface area contributed by atoms with Crippen molar-refractivity contribution in [1.29, 1.82) is 0 Å². The van der Waals surface area contributed by atoms with Crippen LogP contribution in [0.1, 0.15) is 64.7 Å². The molecule has 5 nitrogen and oxygen atoms in total. The molecule has 0 atom stereocenters. The highest BCUT2D eigenvalue weighted by atomic mass is 127. The lowest BCUT2D eigenvalue weighted by atomic mass is 9.86. The molecule has 0 saturated heterocycles. The normalized spacial score (nSPS) is 18.6. The Hall–Kier alpha value is -0.530. The number of carbonyl (C=O) groups is 1. The first kappa shape index (κ1) is 21.5. The van der Waals surface area contributed by atoms with E-state index in [-0.39, 0.29) is 35.8 Å². The Balaban J connectivity index is 0.00000288. The SMILES string of the molecule is CCNC(=NCCCC1CCCCC1)NCCNC(=O)C1CC1.I. The minimum absolute atomic E-state index is 0. The van der Waals surface area contributed by atoms with E-state index in [4.69, 9.17) is 0 Å². The van der Waals surface area contributed by atoms with Gasteiger partial charge in [0.05, 0.1) is 0 Å². The molecule has 0 aliphatic heterocycles. The highest BCUT2D eigenvalue weighted by molar-refractivity contribution is 14.0. The second-order valence-electron chi connectivity index (χ2n) is 6.90. The molecule has 2 saturated carbocycles. The minimum atomic E-state index is 0. The van der Waals surface area contributed by atoms with Gasteiger partial charge in [-0.15, -0.1) is 24.0 Å². The molecular weight excluding hydrogens is 415 g/mol. The van der Waals surface area contributed by atoms with Gasteiger partial charge in [0.1, 0.15) is 0 Å². The van der Waals surface area contributed by atoms with E-state index in [1.165, 1.54) is 44.9 Å². The van der Waals surface area contributed by atoms with Crippen molar-refractivity contribution in [3.05, 3.63) is 0 Å². The fourth-order valence-corrected chi connectivity index (χ4v) is 3.24. The molecule has 6 heteroatoms. The smallest absolute Gasteiger partial charge is 0.223 e. The predicted octanol–water partition coefficient (Wildman–Crippen LogP) is 3.05. The van der Waals surface area contributed by atoms with Crippen molar-refractivity contribution in [3.8, 4) is 0 Å². The van der Waals surface area contributed by atoms with Crippen molar-refractivity contribution in [1.82, 2.24) is 16.0 Å². The maximum absolute atomic E-state index is 11.6. The third-order valence-corrected chi connectivity index (χ3v) is 4.77. The van der Waals surface area contributed by atoms with E-state index < -0.39 is 0 Å². The molecule has 0 spiro atoms. The van der Waals surface area contributed by atoms with Gasteiger partial charge in [-0.05, 0) is 38.5 Å². The number of hydrogen-bond acceptors (Lipinski definition) is 2. The van der Waals surface area contributed by atoms with Crippen molar-refractivity contribution in [3.63, 3.8) is 0 Å². The highest BCUT2D eigenvalue weighted by Gasteiger charge is 2.28. The number of nitrogens with zero attached hydrogens (tertiary/aromatic N) is 1. The zero-order valence-corrected chi connectivity index (χ0v) is 17.4. The van der Waals surface area contributed by atoms with Gasteiger partial charge < -0.3 is 16.0 Å². The molecule has 0 bridgehead atoms. The van der Waals surface area contributed by atoms with Crippen LogP contribution in [0, 0.1) is 11.8 Å². The fourth-order valence-electron chi connectivity index (χ4n) is 3.24. The lowest BCUT2D eigenvalue weighted by molar-refractivity contribution is -0.122. The van der Waals surface area contributed by atoms with E-state index in [0.717, 1.165) is 44.4 Å². The summed E-state index contributed by atoms with van der Waals surface area (Å²) in [6.07, 6.45) is 11.7. The van der Waals surface area contributed by atoms with E-state index in [0.29, 0.717) is 6.54 Å². The summed E-state index contributed by atoms with van der Waals surface area (Å²) in [7, 11) is 0. The van der Waals surface area contributed by atoms with Gasteiger partial charge >= 0.3 is 0 Å². The maximum Gasteiger partial charge on any atom is 0.223 e. The summed E-state index contributed by atoms with van der Waals surface area (Å²) in [6, 6.07) is 0. The largest absolute Gasteiger partial charge is 0.357 e. The number of guanidine groups is 1. The van der Waals surface area contributed by atoms with Crippen molar-refractivity contribution in [2.45, 2.75) is 64.7 Å². The highest BCUT2D eigenvalue weighted by Crippen LogP contribution is 2.28. The third-order valence-electron chi connectivity index (χ3n) is 4.77. The molecule has 2 rings (SSSR count).